The number of aromatic nitrogens is 2. The third-order valence-corrected chi connectivity index (χ3v) is 3.96. The minimum atomic E-state index is -0.628. The lowest BCUT2D eigenvalue weighted by Crippen LogP contribution is -2.38. The molecule has 0 amide bonds. The topological polar surface area (TPSA) is 93.2 Å². The maximum atomic E-state index is 10.5. The van der Waals surface area contributed by atoms with E-state index >= 15 is 0 Å². The van der Waals surface area contributed by atoms with Crippen LogP contribution >= 0.6 is 11.8 Å². The number of nitrogens with one attached hydrogen (secondary N) is 1. The van der Waals surface area contributed by atoms with Gasteiger partial charge in [0.2, 0.25) is 0 Å². The van der Waals surface area contributed by atoms with Gasteiger partial charge in [-0.05, 0) is 20.1 Å². The zero-order valence-corrected chi connectivity index (χ0v) is 12.2. The quantitative estimate of drug-likeness (QED) is 0.545. The minimum absolute atomic E-state index is 0.0660. The maximum Gasteiger partial charge on any atom is 0.306 e. The first-order valence-electron chi connectivity index (χ1n) is 5.95. The number of rotatable bonds is 8. The van der Waals surface area contributed by atoms with Crippen molar-refractivity contribution in [1.29, 1.82) is 0 Å². The van der Waals surface area contributed by atoms with E-state index in [1.54, 1.807) is 11.8 Å². The summed E-state index contributed by atoms with van der Waals surface area (Å²) in [6, 6.07) is 0. The first-order valence-corrected chi connectivity index (χ1v) is 7.17. The number of hydrogen-bond donors (Lipinski definition) is 2. The molecule has 1 aromatic heterocycles. The second kappa shape index (κ2) is 6.88. The highest BCUT2D eigenvalue weighted by molar-refractivity contribution is 7.99. The molecule has 2 N–H and O–H groups in total. The fraction of sp³-hybridized carbons (Fsp3) is 0.727. The average molecular weight is 288 g/mol. The van der Waals surface area contributed by atoms with E-state index in [1.165, 1.54) is 17.1 Å². The summed E-state index contributed by atoms with van der Waals surface area (Å²) < 4.78 is 1.49. The summed E-state index contributed by atoms with van der Waals surface area (Å²) in [7, 11) is 0. The molecule has 0 bridgehead atoms. The molecule has 0 aromatic carbocycles. The van der Waals surface area contributed by atoms with Crippen molar-refractivity contribution in [1.82, 2.24) is 15.1 Å². The first kappa shape index (κ1) is 15.9. The van der Waals surface area contributed by atoms with E-state index in [0.717, 1.165) is 6.54 Å². The molecule has 0 aliphatic carbocycles. The summed E-state index contributed by atoms with van der Waals surface area (Å²) in [6.07, 6.45) is 3.91. The molecule has 108 valence electrons. The van der Waals surface area contributed by atoms with Gasteiger partial charge in [-0.25, -0.2) is 0 Å². The predicted octanol–water partition coefficient (Wildman–Crippen LogP) is 0.883. The maximum absolute atomic E-state index is 10.5. The van der Waals surface area contributed by atoms with Gasteiger partial charge < -0.3 is 10.4 Å². The Morgan fingerprint density at radius 1 is 1.68 bits per heavy atom. The van der Waals surface area contributed by atoms with Gasteiger partial charge in [-0.3, -0.25) is 14.8 Å². The summed E-state index contributed by atoms with van der Waals surface area (Å²) in [5.41, 5.74) is -0.0660. The third kappa shape index (κ3) is 5.58. The van der Waals surface area contributed by atoms with Crippen LogP contribution in [0.3, 0.4) is 0 Å². The summed E-state index contributed by atoms with van der Waals surface area (Å²) >= 11 is 1.75. The van der Waals surface area contributed by atoms with Crippen molar-refractivity contribution in [2.45, 2.75) is 31.2 Å². The lowest BCUT2D eigenvalue weighted by Gasteiger charge is -2.23. The van der Waals surface area contributed by atoms with E-state index in [1.807, 2.05) is 6.26 Å². The van der Waals surface area contributed by atoms with Crippen molar-refractivity contribution in [3.05, 3.63) is 22.5 Å². The summed E-state index contributed by atoms with van der Waals surface area (Å²) in [5, 5.41) is 27.3. The lowest BCUT2D eigenvalue weighted by molar-refractivity contribution is -0.385. The normalized spacial score (nSPS) is 13.5. The number of thioether (sulfide) groups is 1. The minimum Gasteiger partial charge on any atom is -0.390 e. The van der Waals surface area contributed by atoms with Crippen LogP contribution in [-0.2, 0) is 6.54 Å². The Bertz CT molecular complexity index is 422. The van der Waals surface area contributed by atoms with Crippen LogP contribution in [0.25, 0.3) is 0 Å². The molecule has 0 saturated carbocycles. The van der Waals surface area contributed by atoms with Gasteiger partial charge in [-0.1, -0.05) is 0 Å². The standard InChI is InChI=1S/C11H20N4O3S/c1-11(2,19-3)8-12-5-10(16)7-14-6-9(4-13-14)15(17)18/h4,6,10,12,16H,5,7-8H2,1-3H3. The molecule has 0 fully saturated rings. The average Bonchev–Trinajstić information content (AvgIpc) is 2.77. The number of aliphatic hydroxyl groups excluding tert-OH is 1. The van der Waals surface area contributed by atoms with E-state index in [9.17, 15) is 15.2 Å². The zero-order valence-electron chi connectivity index (χ0n) is 11.4. The van der Waals surface area contributed by atoms with Crippen molar-refractivity contribution < 1.29 is 10.0 Å². The van der Waals surface area contributed by atoms with Gasteiger partial charge in [0.05, 0.1) is 17.6 Å². The van der Waals surface area contributed by atoms with E-state index in [4.69, 9.17) is 0 Å². The summed E-state index contributed by atoms with van der Waals surface area (Å²) in [4.78, 5) is 9.99. The van der Waals surface area contributed by atoms with E-state index in [-0.39, 0.29) is 17.0 Å². The lowest BCUT2D eigenvalue weighted by atomic mass is 10.2. The molecule has 1 unspecified atom stereocenters. The molecule has 1 rings (SSSR count). The third-order valence-electron chi connectivity index (χ3n) is 2.71. The van der Waals surface area contributed by atoms with Crippen LogP contribution < -0.4 is 5.32 Å². The smallest absolute Gasteiger partial charge is 0.306 e. The molecule has 0 radical (unpaired) electrons. The molecular weight excluding hydrogens is 268 g/mol. The Hall–Kier alpha value is -1.12. The Morgan fingerprint density at radius 2 is 2.37 bits per heavy atom. The largest absolute Gasteiger partial charge is 0.390 e. The Kier molecular flexibility index (Phi) is 5.77. The van der Waals surface area contributed by atoms with Gasteiger partial charge in [-0.15, -0.1) is 0 Å². The summed E-state index contributed by atoms with van der Waals surface area (Å²) in [6.45, 7) is 5.69. The van der Waals surface area contributed by atoms with E-state index < -0.39 is 11.0 Å². The van der Waals surface area contributed by atoms with Gasteiger partial charge in [0.25, 0.3) is 0 Å². The van der Waals surface area contributed by atoms with Crippen LogP contribution in [0, 0.1) is 10.1 Å². The highest BCUT2D eigenvalue weighted by atomic mass is 32.2. The molecule has 0 saturated heterocycles. The highest BCUT2D eigenvalue weighted by Gasteiger charge is 2.16. The van der Waals surface area contributed by atoms with Crippen molar-refractivity contribution >= 4 is 17.4 Å². The van der Waals surface area contributed by atoms with E-state index in [2.05, 4.69) is 24.3 Å². The van der Waals surface area contributed by atoms with Crippen LogP contribution in [0.1, 0.15) is 13.8 Å². The Balaban J connectivity index is 2.34. The molecular formula is C11H20N4O3S. The van der Waals surface area contributed by atoms with Crippen molar-refractivity contribution in [3.8, 4) is 0 Å². The fourth-order valence-electron chi connectivity index (χ4n) is 1.44. The van der Waals surface area contributed by atoms with Crippen molar-refractivity contribution in [3.63, 3.8) is 0 Å². The molecule has 8 heteroatoms. The second-order valence-corrected chi connectivity index (χ2v) is 6.44. The molecule has 0 spiro atoms. The highest BCUT2D eigenvalue weighted by Crippen LogP contribution is 2.19. The van der Waals surface area contributed by atoms with Crippen LogP contribution in [0.4, 0.5) is 5.69 Å². The van der Waals surface area contributed by atoms with Crippen LogP contribution in [-0.4, -0.2) is 50.0 Å². The van der Waals surface area contributed by atoms with Crippen molar-refractivity contribution in [2.24, 2.45) is 0 Å². The molecule has 7 nitrogen and oxygen atoms in total. The number of hydrogen-bond acceptors (Lipinski definition) is 6. The number of nitro groups is 1. The summed E-state index contributed by atoms with van der Waals surface area (Å²) in [5.74, 6) is 0. The molecule has 1 atom stereocenters. The molecule has 0 aliphatic rings. The Labute approximate surface area is 116 Å². The second-order valence-electron chi connectivity index (χ2n) is 4.93. The first-order chi connectivity index (χ1) is 8.84. The zero-order chi connectivity index (χ0) is 14.5. The number of nitrogens with zero attached hydrogens (tertiary/aromatic N) is 3. The van der Waals surface area contributed by atoms with Gasteiger partial charge in [0, 0.05) is 17.8 Å². The van der Waals surface area contributed by atoms with Gasteiger partial charge in [-0.2, -0.15) is 16.9 Å². The van der Waals surface area contributed by atoms with E-state index in [0.29, 0.717) is 6.54 Å². The molecule has 0 aliphatic heterocycles. The van der Waals surface area contributed by atoms with Crippen LogP contribution in [0.2, 0.25) is 0 Å². The van der Waals surface area contributed by atoms with Crippen LogP contribution in [0.15, 0.2) is 12.4 Å². The van der Waals surface area contributed by atoms with Gasteiger partial charge in [0.1, 0.15) is 12.4 Å². The monoisotopic (exact) mass is 288 g/mol. The molecule has 19 heavy (non-hydrogen) atoms. The predicted molar refractivity (Wildman–Crippen MR) is 75.4 cm³/mol. The molecule has 1 aromatic rings. The number of aliphatic hydroxyl groups is 1. The van der Waals surface area contributed by atoms with Gasteiger partial charge >= 0.3 is 5.69 Å². The molecule has 1 heterocycles. The SMILES string of the molecule is CSC(C)(C)CNCC(O)Cn1cc([N+](=O)[O-])cn1. The fourth-order valence-corrected chi connectivity index (χ4v) is 1.69. The van der Waals surface area contributed by atoms with Crippen molar-refractivity contribution in [2.75, 3.05) is 19.3 Å². The van der Waals surface area contributed by atoms with Gasteiger partial charge in [0.15, 0.2) is 0 Å². The Morgan fingerprint density at radius 3 is 2.89 bits per heavy atom. The van der Waals surface area contributed by atoms with Crippen LogP contribution in [0.5, 0.6) is 0 Å².